The van der Waals surface area contributed by atoms with Gasteiger partial charge < -0.3 is 26.4 Å². The number of aliphatic hydroxyl groups excluding tert-OH is 1. The first-order valence-electron chi connectivity index (χ1n) is 15.2. The summed E-state index contributed by atoms with van der Waals surface area (Å²) in [7, 11) is 0. The van der Waals surface area contributed by atoms with Crippen molar-refractivity contribution in [1.29, 1.82) is 0 Å². The predicted octanol–water partition coefficient (Wildman–Crippen LogP) is 6.31. The monoisotopic (exact) mass is 600 g/mol. The summed E-state index contributed by atoms with van der Waals surface area (Å²) < 4.78 is 0. The summed E-state index contributed by atoms with van der Waals surface area (Å²) >= 11 is 1.56. The van der Waals surface area contributed by atoms with Crippen molar-refractivity contribution in [2.45, 2.75) is 103 Å². The van der Waals surface area contributed by atoms with Gasteiger partial charge in [-0.1, -0.05) is 87.9 Å². The van der Waals surface area contributed by atoms with Crippen LogP contribution in [0.2, 0.25) is 0 Å². The molecule has 3 atom stereocenters. The van der Waals surface area contributed by atoms with E-state index in [-0.39, 0.29) is 5.91 Å². The number of hydrogen-bond donors (Lipinski definition) is 5. The smallest absolute Gasteiger partial charge is 0.326 e. The van der Waals surface area contributed by atoms with Crippen LogP contribution in [-0.4, -0.2) is 57.1 Å². The van der Waals surface area contributed by atoms with Crippen molar-refractivity contribution >= 4 is 23.6 Å². The van der Waals surface area contributed by atoms with Gasteiger partial charge in [-0.15, -0.1) is 0 Å². The first-order valence-corrected chi connectivity index (χ1v) is 16.6. The fraction of sp³-hybridized carbons (Fsp3) is 0.588. The molecule has 2 aromatic rings. The molecule has 1 amide bonds. The van der Waals surface area contributed by atoms with Gasteiger partial charge in [0.2, 0.25) is 0 Å². The van der Waals surface area contributed by atoms with Crippen LogP contribution in [0.15, 0.2) is 42.5 Å². The highest BCUT2D eigenvalue weighted by Gasteiger charge is 2.34. The van der Waals surface area contributed by atoms with Gasteiger partial charge in [0, 0.05) is 5.56 Å². The molecule has 0 heterocycles. The number of carbonyl (C=O) groups is 2. The van der Waals surface area contributed by atoms with E-state index in [1.807, 2.05) is 56.5 Å². The summed E-state index contributed by atoms with van der Waals surface area (Å²) in [5, 5.41) is 32.2. The minimum atomic E-state index is -1.39. The van der Waals surface area contributed by atoms with E-state index in [1.165, 1.54) is 19.3 Å². The van der Waals surface area contributed by atoms with Gasteiger partial charge in [-0.2, -0.15) is 11.8 Å². The Morgan fingerprint density at radius 2 is 1.69 bits per heavy atom. The molecular formula is C34H52N2O5S. The summed E-state index contributed by atoms with van der Waals surface area (Å²) in [5.74, 6) is 0.344. The first kappa shape index (κ1) is 35.8. The third-order valence-electron chi connectivity index (χ3n) is 8.00. The number of benzene rings is 2. The third-order valence-corrected chi connectivity index (χ3v) is 8.65. The number of rotatable bonds is 13. The van der Waals surface area contributed by atoms with Crippen LogP contribution < -0.4 is 11.1 Å². The molecule has 1 aliphatic rings. The SMILES string of the molecule is CC(C)CCC(O)C(N)(O)CC1CCCCC1.CSCCC(NC(=O)c1ccc(C)cc1-c1ccccc1C)C(=O)O. The number of carbonyl (C=O) groups excluding carboxylic acids is 1. The van der Waals surface area contributed by atoms with Crippen molar-refractivity contribution in [3.05, 3.63) is 59.2 Å². The maximum atomic E-state index is 12.8. The molecule has 234 valence electrons. The first-order chi connectivity index (χ1) is 19.9. The number of nitrogens with two attached hydrogens (primary N) is 1. The van der Waals surface area contributed by atoms with E-state index in [0.29, 0.717) is 42.4 Å². The van der Waals surface area contributed by atoms with Crippen LogP contribution in [-0.2, 0) is 4.79 Å². The van der Waals surface area contributed by atoms with Crippen molar-refractivity contribution in [2.24, 2.45) is 17.6 Å². The van der Waals surface area contributed by atoms with E-state index < -0.39 is 23.8 Å². The molecule has 3 rings (SSSR count). The highest BCUT2D eigenvalue weighted by Crippen LogP contribution is 2.31. The van der Waals surface area contributed by atoms with E-state index in [0.717, 1.165) is 41.5 Å². The van der Waals surface area contributed by atoms with Gasteiger partial charge in [-0.3, -0.25) is 4.79 Å². The van der Waals surface area contributed by atoms with Crippen molar-refractivity contribution < 1.29 is 24.9 Å². The lowest BCUT2D eigenvalue weighted by Gasteiger charge is -2.34. The Morgan fingerprint density at radius 1 is 1.02 bits per heavy atom. The average molecular weight is 601 g/mol. The highest BCUT2D eigenvalue weighted by atomic mass is 32.2. The molecule has 3 unspecified atom stereocenters. The van der Waals surface area contributed by atoms with Crippen molar-refractivity contribution in [1.82, 2.24) is 5.32 Å². The molecule has 7 nitrogen and oxygen atoms in total. The van der Waals surface area contributed by atoms with Crippen molar-refractivity contribution in [2.75, 3.05) is 12.0 Å². The fourth-order valence-corrected chi connectivity index (χ4v) is 5.89. The second-order valence-electron chi connectivity index (χ2n) is 12.2. The number of aliphatic hydroxyl groups is 2. The Hall–Kier alpha value is -2.39. The molecule has 0 saturated heterocycles. The summed E-state index contributed by atoms with van der Waals surface area (Å²) in [6.07, 6.45) is 9.65. The molecule has 8 heteroatoms. The van der Waals surface area contributed by atoms with E-state index in [4.69, 9.17) is 5.73 Å². The minimum absolute atomic E-state index is 0.355. The lowest BCUT2D eigenvalue weighted by molar-refractivity contribution is -0.139. The van der Waals surface area contributed by atoms with Crippen LogP contribution in [0.5, 0.6) is 0 Å². The Morgan fingerprint density at radius 3 is 2.29 bits per heavy atom. The highest BCUT2D eigenvalue weighted by molar-refractivity contribution is 7.98. The van der Waals surface area contributed by atoms with Crippen molar-refractivity contribution in [3.8, 4) is 11.1 Å². The summed E-state index contributed by atoms with van der Waals surface area (Å²) in [6.45, 7) is 8.20. The molecule has 42 heavy (non-hydrogen) atoms. The van der Waals surface area contributed by atoms with E-state index in [2.05, 4.69) is 19.2 Å². The lowest BCUT2D eigenvalue weighted by atomic mass is 9.81. The van der Waals surface area contributed by atoms with Crippen LogP contribution in [0, 0.1) is 25.7 Å². The van der Waals surface area contributed by atoms with Gasteiger partial charge in [-0.05, 0) is 86.1 Å². The number of carboxylic acids is 1. The van der Waals surface area contributed by atoms with Crippen LogP contribution in [0.3, 0.4) is 0 Å². The standard InChI is InChI=1S/C20H23NO3S.C14H29NO2/c1-13-8-9-16(17(12-13)15-7-5-4-6-14(15)2)19(22)21-18(20(23)24)10-11-25-3;1-11(2)8-9-13(16)14(15,17)10-12-6-4-3-5-7-12/h4-9,12,18H,10-11H2,1-3H3,(H,21,22)(H,23,24);11-13,16-17H,3-10,15H2,1-2H3. The molecule has 6 N–H and O–H groups in total. The quantitative estimate of drug-likeness (QED) is 0.170. The number of aliphatic carboxylic acids is 1. The van der Waals surface area contributed by atoms with E-state index in [1.54, 1.807) is 17.8 Å². The molecule has 0 spiro atoms. The average Bonchev–Trinajstić information content (AvgIpc) is 2.94. The zero-order chi connectivity index (χ0) is 31.3. The topological polar surface area (TPSA) is 133 Å². The van der Waals surface area contributed by atoms with Gasteiger partial charge in [0.1, 0.15) is 11.8 Å². The predicted molar refractivity (Wildman–Crippen MR) is 174 cm³/mol. The number of aryl methyl sites for hydroxylation is 2. The Kier molecular flexibility index (Phi) is 15.1. The zero-order valence-corrected chi connectivity index (χ0v) is 26.9. The number of hydrogen-bond acceptors (Lipinski definition) is 6. The Labute approximate surface area is 256 Å². The zero-order valence-electron chi connectivity index (χ0n) is 26.1. The largest absolute Gasteiger partial charge is 0.480 e. The van der Waals surface area contributed by atoms with Gasteiger partial charge in [0.15, 0.2) is 0 Å². The molecular weight excluding hydrogens is 548 g/mol. The molecule has 0 bridgehead atoms. The molecule has 1 fully saturated rings. The van der Waals surface area contributed by atoms with Crippen LogP contribution in [0.4, 0.5) is 0 Å². The minimum Gasteiger partial charge on any atom is -0.480 e. The number of thioether (sulfide) groups is 1. The van der Waals surface area contributed by atoms with Crippen LogP contribution in [0.1, 0.15) is 93.1 Å². The summed E-state index contributed by atoms with van der Waals surface area (Å²) in [5.41, 5.74) is 8.91. The second-order valence-corrected chi connectivity index (χ2v) is 13.2. The molecule has 1 aliphatic carbocycles. The molecule has 0 radical (unpaired) electrons. The molecule has 0 aromatic heterocycles. The Balaban J connectivity index is 0.000000317. The second kappa shape index (κ2) is 17.7. The number of amides is 1. The van der Waals surface area contributed by atoms with Gasteiger partial charge in [-0.25, -0.2) is 4.79 Å². The normalized spacial score (nSPS) is 16.6. The molecule has 0 aliphatic heterocycles. The van der Waals surface area contributed by atoms with Crippen molar-refractivity contribution in [3.63, 3.8) is 0 Å². The number of carboxylic acid groups (broad SMARTS) is 1. The number of nitrogens with one attached hydrogen (secondary N) is 1. The fourth-order valence-electron chi connectivity index (χ4n) is 5.41. The summed E-state index contributed by atoms with van der Waals surface area (Å²) in [4.78, 5) is 24.2. The lowest BCUT2D eigenvalue weighted by Crippen LogP contribution is -2.52. The van der Waals surface area contributed by atoms with Gasteiger partial charge in [0.25, 0.3) is 5.91 Å². The maximum absolute atomic E-state index is 12.8. The maximum Gasteiger partial charge on any atom is 0.326 e. The summed E-state index contributed by atoms with van der Waals surface area (Å²) in [6, 6.07) is 12.6. The van der Waals surface area contributed by atoms with Crippen LogP contribution in [0.25, 0.3) is 11.1 Å². The van der Waals surface area contributed by atoms with Crippen LogP contribution >= 0.6 is 11.8 Å². The third kappa shape index (κ3) is 11.7. The van der Waals surface area contributed by atoms with Gasteiger partial charge >= 0.3 is 5.97 Å². The van der Waals surface area contributed by atoms with E-state index >= 15 is 0 Å². The van der Waals surface area contributed by atoms with Gasteiger partial charge in [0.05, 0.1) is 6.10 Å². The van der Waals surface area contributed by atoms with E-state index in [9.17, 15) is 24.9 Å². The molecule has 1 saturated carbocycles. The Bertz CT molecular complexity index is 1130. The molecule has 2 aromatic carbocycles.